The van der Waals surface area contributed by atoms with Crippen molar-refractivity contribution in [2.24, 2.45) is 34.5 Å². The predicted molar refractivity (Wildman–Crippen MR) is 95.9 cm³/mol. The van der Waals surface area contributed by atoms with E-state index in [2.05, 4.69) is 13.8 Å². The molecular weight excluding hydrogens is 520 g/mol. The normalized spacial score (nSPS) is 48.7. The number of carbonyl (C=O) groups excluding carboxylic acids is 2. The maximum atomic E-state index is 12.3. The minimum absolute atomic E-state index is 0.200. The van der Waals surface area contributed by atoms with E-state index < -0.39 is 23.3 Å². The second-order valence-electron chi connectivity index (χ2n) is 9.73. The second kappa shape index (κ2) is 6.43. The molecule has 0 spiro atoms. The first-order valence-corrected chi connectivity index (χ1v) is 20.1. The van der Waals surface area contributed by atoms with Crippen LogP contribution in [0.15, 0.2) is 11.6 Å². The molecule has 4 aliphatic carbocycles. The van der Waals surface area contributed by atoms with Crippen molar-refractivity contribution < 1.29 is 32.9 Å². The van der Waals surface area contributed by atoms with Crippen molar-refractivity contribution in [2.75, 3.05) is 0 Å². The fraction of sp³-hybridized carbons (Fsp3) is 0.810. The summed E-state index contributed by atoms with van der Waals surface area (Å²) in [6, 6.07) is 0. The maximum absolute atomic E-state index is 12.3. The van der Waals surface area contributed by atoms with Gasteiger partial charge in [0.25, 0.3) is 0 Å². The molecule has 0 aliphatic heterocycles. The van der Waals surface area contributed by atoms with Crippen LogP contribution in [0.25, 0.3) is 0 Å². The molecule has 0 radical (unpaired) electrons. The topological polar surface area (TPSA) is 34.1 Å². The van der Waals surface area contributed by atoms with Gasteiger partial charge in [-0.2, -0.15) is 0 Å². The van der Waals surface area contributed by atoms with E-state index in [1.54, 1.807) is 6.92 Å². The molecule has 25 heavy (non-hydrogen) atoms. The summed E-state index contributed by atoms with van der Waals surface area (Å²) in [6.07, 6.45) is 9.70. The first-order valence-electron chi connectivity index (χ1n) is 10.1. The number of ketones is 2. The van der Waals surface area contributed by atoms with Crippen LogP contribution in [-0.2, 0) is 32.9 Å². The summed E-state index contributed by atoms with van der Waals surface area (Å²) in [5.74, 6) is 3.12. The van der Waals surface area contributed by atoms with Crippen molar-refractivity contribution >= 4 is 19.8 Å². The molecule has 0 aromatic carbocycles. The van der Waals surface area contributed by atoms with Gasteiger partial charge in [0.05, 0.1) is 0 Å². The molecule has 0 saturated heterocycles. The predicted octanol–water partition coefficient (Wildman–Crippen LogP) is 5.36. The number of halogens is 1. The fourth-order valence-corrected chi connectivity index (χ4v) is 15.1. The summed E-state index contributed by atoms with van der Waals surface area (Å²) in [6.45, 7) is 6.65. The van der Waals surface area contributed by atoms with Crippen molar-refractivity contribution in [3.05, 3.63) is 11.6 Å². The Morgan fingerprint density at radius 2 is 1.96 bits per heavy atom. The Morgan fingerprint density at radius 3 is 2.64 bits per heavy atom. The zero-order chi connectivity index (χ0) is 18.0. The summed E-state index contributed by atoms with van der Waals surface area (Å²) >= 11 is -1.48. The van der Waals surface area contributed by atoms with Crippen LogP contribution in [-0.4, -0.2) is 11.6 Å². The van der Waals surface area contributed by atoms with Gasteiger partial charge < -0.3 is 0 Å². The number of carbonyl (C=O) groups is 2. The Balaban J connectivity index is 1.72. The molecule has 4 aliphatic rings. The van der Waals surface area contributed by atoms with Crippen molar-refractivity contribution in [1.29, 1.82) is 0 Å². The summed E-state index contributed by atoms with van der Waals surface area (Å²) in [5.41, 5.74) is 1.86. The van der Waals surface area contributed by atoms with Crippen LogP contribution in [0.3, 0.4) is 0 Å². The molecular formula is C21H29ClHgO2. The Morgan fingerprint density at radius 1 is 1.20 bits per heavy atom. The van der Waals surface area contributed by atoms with Gasteiger partial charge >= 0.3 is 168 Å². The monoisotopic (exact) mass is 550 g/mol. The van der Waals surface area contributed by atoms with Crippen LogP contribution in [0.5, 0.6) is 0 Å². The van der Waals surface area contributed by atoms with E-state index in [-0.39, 0.29) is 16.7 Å². The van der Waals surface area contributed by atoms with Gasteiger partial charge in [0.1, 0.15) is 0 Å². The third kappa shape index (κ3) is 2.67. The molecule has 0 aromatic heterocycles. The minimum atomic E-state index is -1.48. The van der Waals surface area contributed by atoms with E-state index in [4.69, 9.17) is 8.25 Å². The van der Waals surface area contributed by atoms with Crippen molar-refractivity contribution in [3.63, 3.8) is 0 Å². The van der Waals surface area contributed by atoms with Crippen LogP contribution < -0.4 is 0 Å². The Bertz CT molecular complexity index is 644. The van der Waals surface area contributed by atoms with E-state index in [1.165, 1.54) is 31.3 Å². The van der Waals surface area contributed by atoms with Gasteiger partial charge in [0.15, 0.2) is 0 Å². The quantitative estimate of drug-likeness (QED) is 0.435. The van der Waals surface area contributed by atoms with Crippen molar-refractivity contribution in [1.82, 2.24) is 0 Å². The van der Waals surface area contributed by atoms with Crippen molar-refractivity contribution in [3.8, 4) is 0 Å². The molecule has 134 valence electrons. The first-order chi connectivity index (χ1) is 11.8. The van der Waals surface area contributed by atoms with Gasteiger partial charge in [-0.1, -0.05) is 0 Å². The molecule has 3 saturated carbocycles. The summed E-state index contributed by atoms with van der Waals surface area (Å²) < 4.78 is 0.566. The molecule has 0 amide bonds. The first kappa shape index (κ1) is 18.7. The van der Waals surface area contributed by atoms with Gasteiger partial charge in [-0.05, 0) is 0 Å². The number of allylic oxidation sites excluding steroid dienone is 1. The van der Waals surface area contributed by atoms with Crippen LogP contribution in [0, 0.1) is 34.5 Å². The number of fused-ring (bicyclic) bond motifs is 5. The Labute approximate surface area is 167 Å². The number of hydrogen-bond acceptors (Lipinski definition) is 2. The average molecular weight is 550 g/mol. The van der Waals surface area contributed by atoms with E-state index in [0.717, 1.165) is 18.8 Å². The van der Waals surface area contributed by atoms with E-state index in [1.807, 2.05) is 6.08 Å². The standard InChI is InChI=1S/C21H29O2.ClH.Hg/c1-13(22)17-6-7-18-16-5-4-14-12-15(23)8-10-20(14,2)19(16)9-11-21(17,18)3;;/h4,12,16-19H,5-11H2,1-3H3;1H;/q;;+1/p-1/t16-,17+,18-,19-,20-,21+;;/m0../s1. The van der Waals surface area contributed by atoms with Gasteiger partial charge in [-0.25, -0.2) is 0 Å². The molecule has 0 aromatic rings. The zero-order valence-electron chi connectivity index (χ0n) is 15.8. The van der Waals surface area contributed by atoms with Gasteiger partial charge in [0.2, 0.25) is 0 Å². The van der Waals surface area contributed by atoms with E-state index in [9.17, 15) is 9.59 Å². The molecule has 4 rings (SSSR count). The summed E-state index contributed by atoms with van der Waals surface area (Å²) in [5, 5.41) is 0. The van der Waals surface area contributed by atoms with E-state index >= 15 is 0 Å². The molecule has 0 heterocycles. The average Bonchev–Trinajstić information content (AvgIpc) is 2.92. The van der Waals surface area contributed by atoms with Crippen molar-refractivity contribution in [2.45, 2.75) is 69.1 Å². The number of rotatable bonds is 2. The number of Topliss-reactive ketones (excluding diaryl/α,β-unsaturated/α-hetero) is 1. The van der Waals surface area contributed by atoms with Gasteiger partial charge in [0, 0.05) is 0 Å². The Kier molecular flexibility index (Phi) is 4.80. The van der Waals surface area contributed by atoms with Crippen LogP contribution >= 0.6 is 8.25 Å². The van der Waals surface area contributed by atoms with Gasteiger partial charge in [-0.15, -0.1) is 0 Å². The summed E-state index contributed by atoms with van der Waals surface area (Å²) in [7, 11) is 6.61. The molecule has 7 atom stereocenters. The molecule has 4 heteroatoms. The van der Waals surface area contributed by atoms with Gasteiger partial charge in [-0.3, -0.25) is 0 Å². The molecule has 1 unspecified atom stereocenters. The molecule has 0 bridgehead atoms. The number of hydrogen-bond donors (Lipinski definition) is 0. The van der Waals surface area contributed by atoms with Crippen LogP contribution in [0.2, 0.25) is 3.43 Å². The third-order valence-corrected chi connectivity index (χ3v) is 16.5. The third-order valence-electron chi connectivity index (χ3n) is 8.80. The summed E-state index contributed by atoms with van der Waals surface area (Å²) in [4.78, 5) is 24.4. The van der Waals surface area contributed by atoms with E-state index in [0.29, 0.717) is 33.2 Å². The van der Waals surface area contributed by atoms with Crippen LogP contribution in [0.1, 0.15) is 65.7 Å². The Hall–Kier alpha value is 0.305. The fourth-order valence-electron chi connectivity index (χ4n) is 7.60. The second-order valence-corrected chi connectivity index (χ2v) is 17.5. The molecule has 2 nitrogen and oxygen atoms in total. The SMILES string of the molecule is CC(=O)[C@H]1CC[C@H]2[C@@H]3C[CH]([Hg][Cl])C4=CC(=O)CC[C@]4(C)[C@H]3CC[C@]12C. The molecule has 0 N–H and O–H groups in total. The van der Waals surface area contributed by atoms with Crippen LogP contribution in [0.4, 0.5) is 0 Å². The molecule has 3 fully saturated rings. The zero-order valence-corrected chi connectivity index (χ0v) is 22.1.